The van der Waals surface area contributed by atoms with Crippen LogP contribution in [0.4, 0.5) is 0 Å². The molecule has 0 radical (unpaired) electrons. The van der Waals surface area contributed by atoms with Gasteiger partial charge in [0.15, 0.2) is 0 Å². The molecule has 1 aliphatic rings. The maximum Gasteiger partial charge on any atom is 0.0900 e. The van der Waals surface area contributed by atoms with E-state index >= 15 is 0 Å². The lowest BCUT2D eigenvalue weighted by Crippen LogP contribution is -2.41. The van der Waals surface area contributed by atoms with Gasteiger partial charge in [0.2, 0.25) is 0 Å². The lowest BCUT2D eigenvalue weighted by Gasteiger charge is -2.32. The zero-order valence-electron chi connectivity index (χ0n) is 11.5. The first kappa shape index (κ1) is 14.9. The van der Waals surface area contributed by atoms with Gasteiger partial charge in [0.05, 0.1) is 19.3 Å². The minimum Gasteiger partial charge on any atom is -0.389 e. The number of nitrogens with zero attached hydrogens (tertiary/aromatic N) is 1. The number of aliphatic hydroxyl groups is 1. The molecule has 1 N–H and O–H groups in total. The Balaban J connectivity index is 1.61. The smallest absolute Gasteiger partial charge is 0.0900 e. The third-order valence-electron chi connectivity index (χ3n) is 3.45. The topological polar surface area (TPSA) is 41.9 Å². The van der Waals surface area contributed by atoms with Crippen molar-refractivity contribution in [3.63, 3.8) is 0 Å². The van der Waals surface area contributed by atoms with Crippen LogP contribution in [0.5, 0.6) is 0 Å². The van der Waals surface area contributed by atoms with E-state index in [0.717, 1.165) is 26.1 Å². The molecule has 1 atom stereocenters. The molecule has 1 aliphatic heterocycles. The lowest BCUT2D eigenvalue weighted by atomic mass is 10.1. The maximum absolute atomic E-state index is 9.98. The van der Waals surface area contributed by atoms with Crippen LogP contribution in [0.1, 0.15) is 17.7 Å². The number of ether oxygens (including phenoxy) is 2. The van der Waals surface area contributed by atoms with E-state index in [1.165, 1.54) is 4.88 Å². The summed E-state index contributed by atoms with van der Waals surface area (Å²) in [5.74, 6) is 0. The standard InChI is InChI=1S/C14H23NO3S/c1-15(12-4-6-17-7-5-12)9-13(16)10-18-11-14-3-2-8-19-14/h2-3,8,12-13,16H,4-7,9-11H2,1H3. The normalized spacial score (nSPS) is 18.9. The van der Waals surface area contributed by atoms with Gasteiger partial charge in [0.1, 0.15) is 0 Å². The molecule has 0 bridgehead atoms. The Morgan fingerprint density at radius 2 is 2.32 bits per heavy atom. The summed E-state index contributed by atoms with van der Waals surface area (Å²) in [5.41, 5.74) is 0. The van der Waals surface area contributed by atoms with Gasteiger partial charge in [-0.25, -0.2) is 0 Å². The molecular formula is C14H23NO3S. The van der Waals surface area contributed by atoms with Gasteiger partial charge in [0.25, 0.3) is 0 Å². The number of likely N-dealkylation sites (N-methyl/N-ethyl adjacent to an activating group) is 1. The van der Waals surface area contributed by atoms with Crippen molar-refractivity contribution in [3.05, 3.63) is 22.4 Å². The Hall–Kier alpha value is -0.460. The molecule has 0 aromatic carbocycles. The second kappa shape index (κ2) is 7.97. The number of hydrogen-bond acceptors (Lipinski definition) is 5. The van der Waals surface area contributed by atoms with Crippen LogP contribution in [-0.2, 0) is 16.1 Å². The average Bonchev–Trinajstić information content (AvgIpc) is 2.93. The Kier molecular flexibility index (Phi) is 6.26. The largest absolute Gasteiger partial charge is 0.389 e. The predicted molar refractivity (Wildman–Crippen MR) is 76.5 cm³/mol. The van der Waals surface area contributed by atoms with E-state index in [-0.39, 0.29) is 0 Å². The van der Waals surface area contributed by atoms with E-state index in [9.17, 15) is 5.11 Å². The Labute approximate surface area is 118 Å². The van der Waals surface area contributed by atoms with Crippen LogP contribution in [-0.4, -0.2) is 55.6 Å². The summed E-state index contributed by atoms with van der Waals surface area (Å²) in [6, 6.07) is 4.59. The number of aliphatic hydroxyl groups excluding tert-OH is 1. The number of rotatable bonds is 7. The molecule has 5 heteroatoms. The van der Waals surface area contributed by atoms with Crippen LogP contribution in [0, 0.1) is 0 Å². The third kappa shape index (κ3) is 5.20. The van der Waals surface area contributed by atoms with Gasteiger partial charge in [-0.1, -0.05) is 6.07 Å². The van der Waals surface area contributed by atoms with Gasteiger partial charge in [-0.2, -0.15) is 0 Å². The molecule has 4 nitrogen and oxygen atoms in total. The lowest BCUT2D eigenvalue weighted by molar-refractivity contribution is -0.00855. The molecule has 2 rings (SSSR count). The second-order valence-corrected chi connectivity index (χ2v) is 6.06. The predicted octanol–water partition coefficient (Wildman–Crippen LogP) is 1.74. The molecule has 1 saturated heterocycles. The molecule has 0 aliphatic carbocycles. The summed E-state index contributed by atoms with van der Waals surface area (Å²) in [4.78, 5) is 3.42. The van der Waals surface area contributed by atoms with Crippen molar-refractivity contribution < 1.29 is 14.6 Å². The summed E-state index contributed by atoms with van der Waals surface area (Å²) in [6.07, 6.45) is 1.69. The van der Waals surface area contributed by atoms with Gasteiger partial charge in [0, 0.05) is 30.7 Å². The van der Waals surface area contributed by atoms with E-state index in [1.807, 2.05) is 17.5 Å². The molecule has 1 aromatic rings. The van der Waals surface area contributed by atoms with E-state index in [1.54, 1.807) is 11.3 Å². The molecule has 0 saturated carbocycles. The number of thiophene rings is 1. The molecule has 0 spiro atoms. The zero-order chi connectivity index (χ0) is 13.5. The SMILES string of the molecule is CN(CC(O)COCc1cccs1)C1CCOCC1. The molecule has 1 aromatic heterocycles. The molecular weight excluding hydrogens is 262 g/mol. The zero-order valence-corrected chi connectivity index (χ0v) is 12.3. The van der Waals surface area contributed by atoms with Crippen molar-refractivity contribution in [2.45, 2.75) is 31.6 Å². The highest BCUT2D eigenvalue weighted by Gasteiger charge is 2.20. The first-order valence-electron chi connectivity index (χ1n) is 6.82. The quantitative estimate of drug-likeness (QED) is 0.828. The highest BCUT2D eigenvalue weighted by Crippen LogP contribution is 2.13. The van der Waals surface area contributed by atoms with Gasteiger partial charge in [-0.3, -0.25) is 0 Å². The van der Waals surface area contributed by atoms with Gasteiger partial charge >= 0.3 is 0 Å². The van der Waals surface area contributed by atoms with Gasteiger partial charge in [-0.15, -0.1) is 11.3 Å². The van der Waals surface area contributed by atoms with Gasteiger partial charge in [-0.05, 0) is 31.3 Å². The highest BCUT2D eigenvalue weighted by atomic mass is 32.1. The Morgan fingerprint density at radius 3 is 3.00 bits per heavy atom. The van der Waals surface area contributed by atoms with E-state index < -0.39 is 6.10 Å². The van der Waals surface area contributed by atoms with Crippen LogP contribution < -0.4 is 0 Å². The Bertz CT molecular complexity index is 338. The minimum absolute atomic E-state index is 0.394. The van der Waals surface area contributed by atoms with Crippen molar-refractivity contribution in [1.82, 2.24) is 4.90 Å². The van der Waals surface area contributed by atoms with Crippen molar-refractivity contribution in [2.24, 2.45) is 0 Å². The molecule has 1 fully saturated rings. The van der Waals surface area contributed by atoms with Gasteiger partial charge < -0.3 is 19.5 Å². The van der Waals surface area contributed by atoms with Crippen molar-refractivity contribution in [1.29, 1.82) is 0 Å². The van der Waals surface area contributed by atoms with Crippen molar-refractivity contribution in [3.8, 4) is 0 Å². The van der Waals surface area contributed by atoms with Crippen LogP contribution in [0.2, 0.25) is 0 Å². The van der Waals surface area contributed by atoms with E-state index in [2.05, 4.69) is 11.9 Å². The van der Waals surface area contributed by atoms with Crippen molar-refractivity contribution >= 4 is 11.3 Å². The van der Waals surface area contributed by atoms with Crippen LogP contribution in [0.15, 0.2) is 17.5 Å². The van der Waals surface area contributed by atoms with E-state index in [0.29, 0.717) is 25.8 Å². The first-order valence-corrected chi connectivity index (χ1v) is 7.70. The first-order chi connectivity index (χ1) is 9.25. The average molecular weight is 285 g/mol. The fraction of sp³-hybridized carbons (Fsp3) is 0.714. The third-order valence-corrected chi connectivity index (χ3v) is 4.30. The monoisotopic (exact) mass is 285 g/mol. The number of hydrogen-bond donors (Lipinski definition) is 1. The fourth-order valence-electron chi connectivity index (χ4n) is 2.35. The maximum atomic E-state index is 9.98. The molecule has 108 valence electrons. The van der Waals surface area contributed by atoms with Crippen LogP contribution >= 0.6 is 11.3 Å². The summed E-state index contributed by atoms with van der Waals surface area (Å²) in [5, 5.41) is 12.0. The molecule has 1 unspecified atom stereocenters. The van der Waals surface area contributed by atoms with Crippen LogP contribution in [0.3, 0.4) is 0 Å². The summed E-state index contributed by atoms with van der Waals surface area (Å²) in [6.45, 7) is 3.32. The summed E-state index contributed by atoms with van der Waals surface area (Å²) >= 11 is 1.68. The minimum atomic E-state index is -0.423. The molecule has 19 heavy (non-hydrogen) atoms. The summed E-state index contributed by atoms with van der Waals surface area (Å²) < 4.78 is 10.9. The molecule has 2 heterocycles. The van der Waals surface area contributed by atoms with Crippen molar-refractivity contribution in [2.75, 3.05) is 33.4 Å². The van der Waals surface area contributed by atoms with E-state index in [4.69, 9.17) is 9.47 Å². The molecule has 0 amide bonds. The highest BCUT2D eigenvalue weighted by molar-refractivity contribution is 7.09. The van der Waals surface area contributed by atoms with Crippen LogP contribution in [0.25, 0.3) is 0 Å². The second-order valence-electron chi connectivity index (χ2n) is 5.03. The fourth-order valence-corrected chi connectivity index (χ4v) is 2.99. The summed E-state index contributed by atoms with van der Waals surface area (Å²) in [7, 11) is 2.07. The Morgan fingerprint density at radius 1 is 1.53 bits per heavy atom.